The summed E-state index contributed by atoms with van der Waals surface area (Å²) in [5, 5.41) is 4.86. The zero-order valence-electron chi connectivity index (χ0n) is 7.60. The summed E-state index contributed by atoms with van der Waals surface area (Å²) >= 11 is 5.62. The molecule has 5 heteroatoms. The van der Waals surface area contributed by atoms with Crippen molar-refractivity contribution in [2.24, 2.45) is 0 Å². The van der Waals surface area contributed by atoms with E-state index in [2.05, 4.69) is 10.6 Å². The van der Waals surface area contributed by atoms with Gasteiger partial charge in [-0.3, -0.25) is 0 Å². The molecule has 1 rings (SSSR count). The van der Waals surface area contributed by atoms with Crippen molar-refractivity contribution in [1.29, 1.82) is 0 Å². The van der Waals surface area contributed by atoms with Crippen LogP contribution in [0.15, 0.2) is 18.2 Å². The van der Waals surface area contributed by atoms with Gasteiger partial charge in [-0.1, -0.05) is 17.7 Å². The average molecular weight is 217 g/mol. The standard InChI is InChI=1S/C9H10ClFN2O/c1-2-12-9(14)13-7-5-3-4-6(11)8(7)10/h3-5H,2H2,1H3,(H2,12,13,14). The van der Waals surface area contributed by atoms with E-state index >= 15 is 0 Å². The van der Waals surface area contributed by atoms with Crippen LogP contribution in [0.5, 0.6) is 0 Å². The molecule has 0 bridgehead atoms. The molecule has 2 N–H and O–H groups in total. The summed E-state index contributed by atoms with van der Waals surface area (Å²) in [5.74, 6) is -0.555. The van der Waals surface area contributed by atoms with Crippen molar-refractivity contribution in [2.75, 3.05) is 11.9 Å². The molecule has 0 unspecified atom stereocenters. The minimum absolute atomic E-state index is 0.0845. The molecule has 1 aromatic carbocycles. The summed E-state index contributed by atoms with van der Waals surface area (Å²) in [6.07, 6.45) is 0. The molecule has 1 aromatic rings. The van der Waals surface area contributed by atoms with Gasteiger partial charge < -0.3 is 10.6 Å². The molecule has 0 saturated heterocycles. The number of anilines is 1. The van der Waals surface area contributed by atoms with Crippen molar-refractivity contribution in [3.63, 3.8) is 0 Å². The minimum Gasteiger partial charge on any atom is -0.338 e. The molecule has 0 fully saturated rings. The monoisotopic (exact) mass is 216 g/mol. The predicted octanol–water partition coefficient (Wildman–Crippen LogP) is 2.62. The number of urea groups is 1. The van der Waals surface area contributed by atoms with Gasteiger partial charge in [0.2, 0.25) is 0 Å². The van der Waals surface area contributed by atoms with Gasteiger partial charge in [0.15, 0.2) is 0 Å². The third-order valence-corrected chi connectivity index (χ3v) is 1.92. The van der Waals surface area contributed by atoms with Crippen LogP contribution in [-0.4, -0.2) is 12.6 Å². The summed E-state index contributed by atoms with van der Waals surface area (Å²) in [6.45, 7) is 2.28. The third-order valence-electron chi connectivity index (χ3n) is 1.54. The molecule has 0 heterocycles. The van der Waals surface area contributed by atoms with Crippen LogP contribution in [0, 0.1) is 5.82 Å². The normalized spacial score (nSPS) is 9.64. The van der Waals surface area contributed by atoms with Gasteiger partial charge in [-0.25, -0.2) is 9.18 Å². The summed E-state index contributed by atoms with van der Waals surface area (Å²) in [6, 6.07) is 3.83. The van der Waals surface area contributed by atoms with Crippen LogP contribution in [0.4, 0.5) is 14.9 Å². The Morgan fingerprint density at radius 1 is 1.57 bits per heavy atom. The van der Waals surface area contributed by atoms with Gasteiger partial charge in [-0.2, -0.15) is 0 Å². The first-order valence-electron chi connectivity index (χ1n) is 4.14. The van der Waals surface area contributed by atoms with Gasteiger partial charge in [0.05, 0.1) is 10.7 Å². The zero-order chi connectivity index (χ0) is 10.6. The van der Waals surface area contributed by atoms with Gasteiger partial charge in [0, 0.05) is 6.54 Å². The Morgan fingerprint density at radius 3 is 2.93 bits per heavy atom. The van der Waals surface area contributed by atoms with Crippen LogP contribution in [0.1, 0.15) is 6.92 Å². The van der Waals surface area contributed by atoms with Crippen LogP contribution >= 0.6 is 11.6 Å². The molecule has 0 atom stereocenters. The predicted molar refractivity (Wildman–Crippen MR) is 54.1 cm³/mol. The molecule has 0 spiro atoms. The van der Waals surface area contributed by atoms with E-state index in [0.29, 0.717) is 6.54 Å². The molecule has 0 aliphatic heterocycles. The first kappa shape index (κ1) is 10.8. The maximum absolute atomic E-state index is 12.9. The molecular weight excluding hydrogens is 207 g/mol. The molecule has 2 amide bonds. The third kappa shape index (κ3) is 2.60. The number of hydrogen-bond acceptors (Lipinski definition) is 1. The summed E-state index contributed by atoms with van der Waals surface area (Å²) in [4.78, 5) is 11.1. The van der Waals surface area contributed by atoms with Gasteiger partial charge in [-0.15, -0.1) is 0 Å². The van der Waals surface area contributed by atoms with E-state index < -0.39 is 11.8 Å². The first-order valence-corrected chi connectivity index (χ1v) is 4.51. The van der Waals surface area contributed by atoms with E-state index in [4.69, 9.17) is 11.6 Å². The Bertz CT molecular complexity index is 344. The number of carbonyl (C=O) groups excluding carboxylic acids is 1. The number of halogens is 2. The highest BCUT2D eigenvalue weighted by Gasteiger charge is 2.07. The number of rotatable bonds is 2. The van der Waals surface area contributed by atoms with Gasteiger partial charge in [0.25, 0.3) is 0 Å². The number of hydrogen-bond donors (Lipinski definition) is 2. The lowest BCUT2D eigenvalue weighted by Crippen LogP contribution is -2.28. The Hall–Kier alpha value is -1.29. The Morgan fingerprint density at radius 2 is 2.29 bits per heavy atom. The van der Waals surface area contributed by atoms with Gasteiger partial charge in [0.1, 0.15) is 5.82 Å². The number of carbonyl (C=O) groups is 1. The summed E-state index contributed by atoms with van der Waals surface area (Å²) in [5.41, 5.74) is 0.262. The van der Waals surface area contributed by atoms with Crippen LogP contribution in [0.3, 0.4) is 0 Å². The lowest BCUT2D eigenvalue weighted by molar-refractivity contribution is 0.252. The largest absolute Gasteiger partial charge is 0.338 e. The van der Waals surface area contributed by atoms with E-state index in [9.17, 15) is 9.18 Å². The second kappa shape index (κ2) is 4.81. The van der Waals surface area contributed by atoms with E-state index in [0.717, 1.165) is 0 Å². The molecular formula is C9H10ClFN2O. The lowest BCUT2D eigenvalue weighted by atomic mass is 10.3. The van der Waals surface area contributed by atoms with Gasteiger partial charge >= 0.3 is 6.03 Å². The number of nitrogens with one attached hydrogen (secondary N) is 2. The fourth-order valence-corrected chi connectivity index (χ4v) is 1.10. The Labute approximate surface area is 86.3 Å². The van der Waals surface area contributed by atoms with E-state index in [1.807, 2.05) is 0 Å². The number of amides is 2. The molecule has 76 valence electrons. The quantitative estimate of drug-likeness (QED) is 0.784. The molecule has 0 aromatic heterocycles. The molecule has 0 radical (unpaired) electrons. The highest BCUT2D eigenvalue weighted by atomic mass is 35.5. The first-order chi connectivity index (χ1) is 6.65. The Kier molecular flexibility index (Phi) is 3.71. The number of benzene rings is 1. The summed E-state index contributed by atoms with van der Waals surface area (Å²) < 4.78 is 12.9. The second-order valence-corrected chi connectivity index (χ2v) is 2.96. The molecule has 0 aliphatic carbocycles. The van der Waals surface area contributed by atoms with E-state index in [1.54, 1.807) is 6.92 Å². The maximum atomic E-state index is 12.9. The molecule has 14 heavy (non-hydrogen) atoms. The van der Waals surface area contributed by atoms with Crippen LogP contribution < -0.4 is 10.6 Å². The second-order valence-electron chi connectivity index (χ2n) is 2.59. The van der Waals surface area contributed by atoms with E-state index in [-0.39, 0.29) is 10.7 Å². The lowest BCUT2D eigenvalue weighted by Gasteiger charge is -2.07. The summed E-state index contributed by atoms with van der Waals surface area (Å²) in [7, 11) is 0. The van der Waals surface area contributed by atoms with E-state index in [1.165, 1.54) is 18.2 Å². The van der Waals surface area contributed by atoms with Crippen LogP contribution in [-0.2, 0) is 0 Å². The topological polar surface area (TPSA) is 41.1 Å². The van der Waals surface area contributed by atoms with Crippen molar-refractivity contribution in [2.45, 2.75) is 6.92 Å². The molecule has 0 aliphatic rings. The molecule has 0 saturated carbocycles. The van der Waals surface area contributed by atoms with Crippen molar-refractivity contribution >= 4 is 23.3 Å². The average Bonchev–Trinajstić information content (AvgIpc) is 2.13. The fourth-order valence-electron chi connectivity index (χ4n) is 0.927. The minimum atomic E-state index is -0.555. The van der Waals surface area contributed by atoms with Crippen molar-refractivity contribution in [3.05, 3.63) is 29.0 Å². The van der Waals surface area contributed by atoms with Crippen molar-refractivity contribution < 1.29 is 9.18 Å². The van der Waals surface area contributed by atoms with Crippen molar-refractivity contribution in [3.8, 4) is 0 Å². The fraction of sp³-hybridized carbons (Fsp3) is 0.222. The Balaban J connectivity index is 2.76. The molecule has 3 nitrogen and oxygen atoms in total. The maximum Gasteiger partial charge on any atom is 0.319 e. The highest BCUT2D eigenvalue weighted by molar-refractivity contribution is 6.33. The zero-order valence-corrected chi connectivity index (χ0v) is 8.36. The smallest absolute Gasteiger partial charge is 0.319 e. The van der Waals surface area contributed by atoms with Gasteiger partial charge in [-0.05, 0) is 19.1 Å². The SMILES string of the molecule is CCNC(=O)Nc1cccc(F)c1Cl. The highest BCUT2D eigenvalue weighted by Crippen LogP contribution is 2.24. The van der Waals surface area contributed by atoms with Crippen molar-refractivity contribution in [1.82, 2.24) is 5.32 Å². The van der Waals surface area contributed by atoms with Crippen LogP contribution in [0.2, 0.25) is 5.02 Å². The van der Waals surface area contributed by atoms with Crippen LogP contribution in [0.25, 0.3) is 0 Å².